The predicted octanol–water partition coefficient (Wildman–Crippen LogP) is 3.33. The van der Waals surface area contributed by atoms with E-state index in [0.29, 0.717) is 11.5 Å². The van der Waals surface area contributed by atoms with Crippen molar-refractivity contribution in [3.63, 3.8) is 0 Å². The number of likely N-dealkylation sites (tertiary alicyclic amines) is 1. The minimum absolute atomic E-state index is 0.100. The first-order chi connectivity index (χ1) is 13.7. The number of benzene rings is 1. The topological polar surface area (TPSA) is 54.9 Å². The lowest BCUT2D eigenvalue weighted by molar-refractivity contribution is 0.0793. The zero-order valence-electron chi connectivity index (χ0n) is 16.6. The summed E-state index contributed by atoms with van der Waals surface area (Å²) in [5.41, 5.74) is 1.86. The molecular weight excluding hydrogens is 354 g/mol. The Labute approximate surface area is 166 Å². The van der Waals surface area contributed by atoms with Crippen molar-refractivity contribution in [1.82, 2.24) is 9.88 Å². The number of anilines is 1. The zero-order valence-corrected chi connectivity index (χ0v) is 16.6. The maximum atomic E-state index is 13.0. The van der Waals surface area contributed by atoms with Crippen LogP contribution in [0.1, 0.15) is 41.1 Å². The molecule has 0 radical (unpaired) electrons. The summed E-state index contributed by atoms with van der Waals surface area (Å²) in [5.74, 6) is 2.75. The van der Waals surface area contributed by atoms with Gasteiger partial charge in [0.05, 0.1) is 19.8 Å². The van der Waals surface area contributed by atoms with Crippen molar-refractivity contribution in [2.75, 3.05) is 45.3 Å². The standard InChI is InChI=1S/C22H27N3O3/c1-27-19-9-5-7-17(20(19)28-2)16-10-14-25(15-16)21-18(8-6-11-23-21)22(26)24-12-3-4-13-24/h5-9,11,16H,3-4,10,12-15H2,1-2H3. The van der Waals surface area contributed by atoms with Gasteiger partial charge in [-0.3, -0.25) is 4.79 Å². The molecule has 6 heteroatoms. The van der Waals surface area contributed by atoms with E-state index in [1.165, 1.54) is 0 Å². The summed E-state index contributed by atoms with van der Waals surface area (Å²) in [5, 5.41) is 0. The molecule has 2 aliphatic heterocycles. The SMILES string of the molecule is COc1cccc(C2CCN(c3ncccc3C(=O)N3CCCC3)C2)c1OC. The van der Waals surface area contributed by atoms with Crippen LogP contribution < -0.4 is 14.4 Å². The average molecular weight is 381 g/mol. The second-order valence-corrected chi connectivity index (χ2v) is 7.39. The molecule has 1 unspecified atom stereocenters. The van der Waals surface area contributed by atoms with E-state index in [-0.39, 0.29) is 5.91 Å². The van der Waals surface area contributed by atoms with Crippen molar-refractivity contribution in [2.24, 2.45) is 0 Å². The number of nitrogens with zero attached hydrogens (tertiary/aromatic N) is 3. The van der Waals surface area contributed by atoms with Crippen molar-refractivity contribution in [2.45, 2.75) is 25.2 Å². The third-order valence-electron chi connectivity index (χ3n) is 5.77. The van der Waals surface area contributed by atoms with Gasteiger partial charge >= 0.3 is 0 Å². The van der Waals surface area contributed by atoms with Crippen LogP contribution in [0.2, 0.25) is 0 Å². The maximum absolute atomic E-state index is 13.0. The molecular formula is C22H27N3O3. The van der Waals surface area contributed by atoms with Gasteiger partial charge in [-0.2, -0.15) is 0 Å². The first-order valence-electron chi connectivity index (χ1n) is 9.93. The summed E-state index contributed by atoms with van der Waals surface area (Å²) in [6, 6.07) is 9.78. The van der Waals surface area contributed by atoms with Gasteiger partial charge in [-0.05, 0) is 37.5 Å². The van der Waals surface area contributed by atoms with Gasteiger partial charge in [0, 0.05) is 43.9 Å². The number of aromatic nitrogens is 1. The molecule has 28 heavy (non-hydrogen) atoms. The molecule has 1 aromatic carbocycles. The molecule has 2 fully saturated rings. The van der Waals surface area contributed by atoms with Crippen LogP contribution in [-0.2, 0) is 0 Å². The number of ether oxygens (including phenoxy) is 2. The van der Waals surface area contributed by atoms with E-state index in [4.69, 9.17) is 9.47 Å². The first-order valence-corrected chi connectivity index (χ1v) is 9.93. The van der Waals surface area contributed by atoms with E-state index in [2.05, 4.69) is 16.0 Å². The van der Waals surface area contributed by atoms with Crippen LogP contribution in [-0.4, -0.2) is 56.2 Å². The van der Waals surface area contributed by atoms with Gasteiger partial charge in [-0.25, -0.2) is 4.98 Å². The summed E-state index contributed by atoms with van der Waals surface area (Å²) in [7, 11) is 3.34. The van der Waals surface area contributed by atoms with Crippen LogP contribution in [0.4, 0.5) is 5.82 Å². The van der Waals surface area contributed by atoms with Gasteiger partial charge in [-0.15, -0.1) is 0 Å². The number of carbonyl (C=O) groups excluding carboxylic acids is 1. The van der Waals surface area contributed by atoms with E-state index in [9.17, 15) is 4.79 Å². The smallest absolute Gasteiger partial charge is 0.257 e. The molecule has 0 aliphatic carbocycles. The Hall–Kier alpha value is -2.76. The van der Waals surface area contributed by atoms with Crippen LogP contribution in [0, 0.1) is 0 Å². The number of carbonyl (C=O) groups is 1. The normalized spacial score (nSPS) is 19.1. The van der Waals surface area contributed by atoms with E-state index >= 15 is 0 Å². The van der Waals surface area contributed by atoms with Gasteiger partial charge in [0.15, 0.2) is 11.5 Å². The summed E-state index contributed by atoms with van der Waals surface area (Å²) in [6.07, 6.45) is 4.93. The minimum Gasteiger partial charge on any atom is -0.493 e. The second-order valence-electron chi connectivity index (χ2n) is 7.39. The number of rotatable bonds is 5. The van der Waals surface area contributed by atoms with E-state index < -0.39 is 0 Å². The second kappa shape index (κ2) is 8.09. The van der Waals surface area contributed by atoms with Gasteiger partial charge in [0.1, 0.15) is 5.82 Å². The Morgan fingerprint density at radius 2 is 1.89 bits per heavy atom. The summed E-state index contributed by atoms with van der Waals surface area (Å²) >= 11 is 0. The van der Waals surface area contributed by atoms with Gasteiger partial charge in [-0.1, -0.05) is 12.1 Å². The fraction of sp³-hybridized carbons (Fsp3) is 0.455. The van der Waals surface area contributed by atoms with Crippen molar-refractivity contribution < 1.29 is 14.3 Å². The number of pyridine rings is 1. The van der Waals surface area contributed by atoms with E-state index in [0.717, 1.165) is 68.3 Å². The Morgan fingerprint density at radius 3 is 2.64 bits per heavy atom. The Balaban J connectivity index is 1.58. The molecule has 3 heterocycles. The molecule has 2 aromatic rings. The third kappa shape index (κ3) is 3.39. The van der Waals surface area contributed by atoms with Crippen molar-refractivity contribution >= 4 is 11.7 Å². The van der Waals surface area contributed by atoms with Crippen molar-refractivity contribution in [3.8, 4) is 11.5 Å². The monoisotopic (exact) mass is 381 g/mol. The molecule has 0 bridgehead atoms. The van der Waals surface area contributed by atoms with Crippen LogP contribution >= 0.6 is 0 Å². The van der Waals surface area contributed by atoms with Crippen LogP contribution in [0.25, 0.3) is 0 Å². The fourth-order valence-corrected chi connectivity index (χ4v) is 4.35. The highest BCUT2D eigenvalue weighted by Crippen LogP contribution is 2.40. The molecule has 1 amide bonds. The van der Waals surface area contributed by atoms with E-state index in [1.54, 1.807) is 20.4 Å². The number of hydrogen-bond donors (Lipinski definition) is 0. The molecule has 1 aromatic heterocycles. The number of hydrogen-bond acceptors (Lipinski definition) is 5. The summed E-state index contributed by atoms with van der Waals surface area (Å²) < 4.78 is 11.1. The highest BCUT2D eigenvalue weighted by Gasteiger charge is 2.31. The minimum atomic E-state index is 0.100. The summed E-state index contributed by atoms with van der Waals surface area (Å²) in [6.45, 7) is 3.36. The van der Waals surface area contributed by atoms with Gasteiger partial charge in [0.25, 0.3) is 5.91 Å². The largest absolute Gasteiger partial charge is 0.493 e. The number of para-hydroxylation sites is 1. The lowest BCUT2D eigenvalue weighted by Crippen LogP contribution is -2.31. The Bertz CT molecular complexity index is 849. The lowest BCUT2D eigenvalue weighted by Gasteiger charge is -2.23. The highest BCUT2D eigenvalue weighted by atomic mass is 16.5. The van der Waals surface area contributed by atoms with Crippen LogP contribution in [0.15, 0.2) is 36.5 Å². The van der Waals surface area contributed by atoms with E-state index in [1.807, 2.05) is 29.2 Å². The zero-order chi connectivity index (χ0) is 19.5. The average Bonchev–Trinajstić information content (AvgIpc) is 3.45. The fourth-order valence-electron chi connectivity index (χ4n) is 4.35. The van der Waals surface area contributed by atoms with Crippen LogP contribution in [0.5, 0.6) is 11.5 Å². The summed E-state index contributed by atoms with van der Waals surface area (Å²) in [4.78, 5) is 21.7. The molecule has 4 rings (SSSR count). The molecule has 2 aliphatic rings. The third-order valence-corrected chi connectivity index (χ3v) is 5.77. The quantitative estimate of drug-likeness (QED) is 0.795. The molecule has 0 saturated carbocycles. The molecule has 1 atom stereocenters. The molecule has 2 saturated heterocycles. The number of methoxy groups -OCH3 is 2. The Kier molecular flexibility index (Phi) is 5.37. The van der Waals surface area contributed by atoms with Gasteiger partial charge < -0.3 is 19.3 Å². The first kappa shape index (κ1) is 18.6. The van der Waals surface area contributed by atoms with Crippen LogP contribution in [0.3, 0.4) is 0 Å². The molecule has 0 N–H and O–H groups in total. The lowest BCUT2D eigenvalue weighted by atomic mass is 9.97. The van der Waals surface area contributed by atoms with Crippen molar-refractivity contribution in [3.05, 3.63) is 47.7 Å². The van der Waals surface area contributed by atoms with Gasteiger partial charge in [0.2, 0.25) is 0 Å². The maximum Gasteiger partial charge on any atom is 0.257 e. The van der Waals surface area contributed by atoms with Crippen molar-refractivity contribution in [1.29, 1.82) is 0 Å². The molecule has 148 valence electrons. The number of amides is 1. The highest BCUT2D eigenvalue weighted by molar-refractivity contribution is 5.99. The molecule has 0 spiro atoms. The molecule has 6 nitrogen and oxygen atoms in total. The Morgan fingerprint density at radius 1 is 1.07 bits per heavy atom. The predicted molar refractivity (Wildman–Crippen MR) is 108 cm³/mol.